The first-order valence-corrected chi connectivity index (χ1v) is 12.1. The van der Waals surface area contributed by atoms with E-state index in [1.165, 1.54) is 5.56 Å². The van der Waals surface area contributed by atoms with Gasteiger partial charge in [-0.2, -0.15) is 5.26 Å². The van der Waals surface area contributed by atoms with E-state index in [1.807, 2.05) is 48.2 Å². The van der Waals surface area contributed by atoms with Crippen LogP contribution in [0.5, 0.6) is 0 Å². The first-order valence-electron chi connectivity index (χ1n) is 12.1. The summed E-state index contributed by atoms with van der Waals surface area (Å²) in [6.07, 6.45) is 3.71. The molecule has 2 N–H and O–H groups in total. The summed E-state index contributed by atoms with van der Waals surface area (Å²) in [5.74, 6) is 0.830. The highest BCUT2D eigenvalue weighted by Gasteiger charge is 2.25. The standard InChI is InChI=1S/C27H32N4O3/c1-19-2-5-24(16-25(19)30-27(33)29-18-21-10-14-34-15-11-21)26(32)31-12-8-23(9-13-31)22-6-3-20(17-28)4-7-22/h2-7,16,21,23H,8-15,18H2,1H3,(H2,29,30,33). The predicted octanol–water partition coefficient (Wildman–Crippen LogP) is 4.43. The van der Waals surface area contributed by atoms with E-state index in [0.29, 0.717) is 48.3 Å². The van der Waals surface area contributed by atoms with Crippen molar-refractivity contribution < 1.29 is 14.3 Å². The molecule has 7 heteroatoms. The van der Waals surface area contributed by atoms with E-state index in [2.05, 4.69) is 16.7 Å². The largest absolute Gasteiger partial charge is 0.381 e. The number of benzene rings is 2. The van der Waals surface area contributed by atoms with E-state index < -0.39 is 0 Å². The SMILES string of the molecule is Cc1ccc(C(=O)N2CCC(c3ccc(C#N)cc3)CC2)cc1NC(=O)NCC1CCOCC1. The van der Waals surface area contributed by atoms with Gasteiger partial charge in [-0.05, 0) is 79.8 Å². The molecule has 2 aromatic carbocycles. The average molecular weight is 461 g/mol. The highest BCUT2D eigenvalue weighted by atomic mass is 16.5. The molecule has 3 amide bonds. The van der Waals surface area contributed by atoms with Gasteiger partial charge >= 0.3 is 6.03 Å². The normalized spacial score (nSPS) is 17.1. The Bertz CT molecular complexity index is 1050. The second-order valence-electron chi connectivity index (χ2n) is 9.22. The van der Waals surface area contributed by atoms with Gasteiger partial charge in [0, 0.05) is 44.1 Å². The van der Waals surface area contributed by atoms with Crippen molar-refractivity contribution in [1.29, 1.82) is 5.26 Å². The molecule has 2 aliphatic heterocycles. The van der Waals surface area contributed by atoms with Gasteiger partial charge < -0.3 is 20.3 Å². The van der Waals surface area contributed by atoms with Gasteiger partial charge in [0.15, 0.2) is 0 Å². The number of rotatable bonds is 5. The van der Waals surface area contributed by atoms with Crippen molar-refractivity contribution in [3.63, 3.8) is 0 Å². The van der Waals surface area contributed by atoms with Gasteiger partial charge in [0.25, 0.3) is 5.91 Å². The summed E-state index contributed by atoms with van der Waals surface area (Å²) < 4.78 is 5.37. The van der Waals surface area contributed by atoms with Crippen molar-refractivity contribution in [3.8, 4) is 6.07 Å². The van der Waals surface area contributed by atoms with E-state index in [4.69, 9.17) is 10.00 Å². The number of nitrogens with one attached hydrogen (secondary N) is 2. The predicted molar refractivity (Wildman–Crippen MR) is 131 cm³/mol. The van der Waals surface area contributed by atoms with Crippen LogP contribution in [0.25, 0.3) is 0 Å². The maximum Gasteiger partial charge on any atom is 0.319 e. The first kappa shape index (κ1) is 23.8. The number of urea groups is 1. The van der Waals surface area contributed by atoms with Gasteiger partial charge in [0.1, 0.15) is 0 Å². The molecule has 2 fully saturated rings. The molecular formula is C27H32N4O3. The number of carbonyl (C=O) groups excluding carboxylic acids is 2. The van der Waals surface area contributed by atoms with Crippen LogP contribution in [0.1, 0.15) is 58.6 Å². The topological polar surface area (TPSA) is 94.5 Å². The van der Waals surface area contributed by atoms with Crippen LogP contribution >= 0.6 is 0 Å². The van der Waals surface area contributed by atoms with E-state index in [9.17, 15) is 9.59 Å². The quantitative estimate of drug-likeness (QED) is 0.690. The molecule has 34 heavy (non-hydrogen) atoms. The number of ether oxygens (including phenoxy) is 1. The number of hydrogen-bond donors (Lipinski definition) is 2. The average Bonchev–Trinajstić information content (AvgIpc) is 2.89. The molecule has 178 valence electrons. The molecule has 0 unspecified atom stereocenters. The molecule has 0 aliphatic carbocycles. The van der Waals surface area contributed by atoms with Crippen LogP contribution in [0, 0.1) is 24.2 Å². The fourth-order valence-corrected chi connectivity index (χ4v) is 4.67. The Hall–Kier alpha value is -3.37. The zero-order chi connectivity index (χ0) is 23.9. The Labute approximate surface area is 201 Å². The molecule has 2 heterocycles. The number of likely N-dealkylation sites (tertiary alicyclic amines) is 1. The summed E-state index contributed by atoms with van der Waals surface area (Å²) in [7, 11) is 0. The number of anilines is 1. The van der Waals surface area contributed by atoms with Gasteiger partial charge in [0.05, 0.1) is 11.6 Å². The lowest BCUT2D eigenvalue weighted by molar-refractivity contribution is 0.0671. The third kappa shape index (κ3) is 5.95. The summed E-state index contributed by atoms with van der Waals surface area (Å²) in [5.41, 5.74) is 4.04. The number of nitrogens with zero attached hydrogens (tertiary/aromatic N) is 2. The third-order valence-electron chi connectivity index (χ3n) is 6.92. The zero-order valence-electron chi connectivity index (χ0n) is 19.7. The molecule has 2 saturated heterocycles. The summed E-state index contributed by atoms with van der Waals surface area (Å²) in [6, 6.07) is 15.1. The lowest BCUT2D eigenvalue weighted by atomic mass is 9.89. The highest BCUT2D eigenvalue weighted by Crippen LogP contribution is 2.29. The van der Waals surface area contributed by atoms with E-state index in [1.54, 1.807) is 6.07 Å². The first-order chi connectivity index (χ1) is 16.5. The van der Waals surface area contributed by atoms with Crippen LogP contribution in [-0.2, 0) is 4.74 Å². The summed E-state index contributed by atoms with van der Waals surface area (Å²) in [4.78, 5) is 27.5. The molecule has 0 aromatic heterocycles. The van der Waals surface area contributed by atoms with Crippen LogP contribution in [-0.4, -0.2) is 49.7 Å². The van der Waals surface area contributed by atoms with Gasteiger partial charge in [-0.25, -0.2) is 4.79 Å². The Kier molecular flexibility index (Phi) is 7.81. The van der Waals surface area contributed by atoms with Crippen LogP contribution in [0.2, 0.25) is 0 Å². The van der Waals surface area contributed by atoms with Crippen molar-refractivity contribution in [2.45, 2.75) is 38.5 Å². The minimum atomic E-state index is -0.248. The van der Waals surface area contributed by atoms with Crippen molar-refractivity contribution in [2.75, 3.05) is 38.2 Å². The van der Waals surface area contributed by atoms with E-state index in [-0.39, 0.29) is 11.9 Å². The fraction of sp³-hybridized carbons (Fsp3) is 0.444. The number of aryl methyl sites for hydroxylation is 1. The number of carbonyl (C=O) groups is 2. The van der Waals surface area contributed by atoms with Crippen LogP contribution in [0.15, 0.2) is 42.5 Å². The highest BCUT2D eigenvalue weighted by molar-refractivity contribution is 5.97. The second-order valence-corrected chi connectivity index (χ2v) is 9.22. The zero-order valence-corrected chi connectivity index (χ0v) is 19.7. The Balaban J connectivity index is 1.32. The Morgan fingerprint density at radius 3 is 2.44 bits per heavy atom. The monoisotopic (exact) mass is 460 g/mol. The molecular weight excluding hydrogens is 428 g/mol. The minimum absolute atomic E-state index is 0.0102. The van der Waals surface area contributed by atoms with Gasteiger partial charge in [-0.15, -0.1) is 0 Å². The third-order valence-corrected chi connectivity index (χ3v) is 6.92. The number of nitriles is 1. The smallest absolute Gasteiger partial charge is 0.319 e. The maximum absolute atomic E-state index is 13.2. The molecule has 2 aliphatic rings. The number of piperidine rings is 1. The van der Waals surface area contributed by atoms with Crippen LogP contribution < -0.4 is 10.6 Å². The molecule has 4 rings (SSSR count). The van der Waals surface area contributed by atoms with Gasteiger partial charge in [-0.3, -0.25) is 4.79 Å². The van der Waals surface area contributed by atoms with Gasteiger partial charge in [0.2, 0.25) is 0 Å². The molecule has 0 radical (unpaired) electrons. The van der Waals surface area contributed by atoms with Crippen molar-refractivity contribution in [2.24, 2.45) is 5.92 Å². The molecule has 0 saturated carbocycles. The van der Waals surface area contributed by atoms with E-state index in [0.717, 1.165) is 44.5 Å². The Morgan fingerprint density at radius 1 is 1.06 bits per heavy atom. The summed E-state index contributed by atoms with van der Waals surface area (Å²) >= 11 is 0. The number of hydrogen-bond acceptors (Lipinski definition) is 4. The molecule has 2 aromatic rings. The summed E-state index contributed by atoms with van der Waals surface area (Å²) in [5, 5.41) is 14.8. The summed E-state index contributed by atoms with van der Waals surface area (Å²) in [6.45, 7) is 5.42. The second kappa shape index (κ2) is 11.2. The minimum Gasteiger partial charge on any atom is -0.381 e. The lowest BCUT2D eigenvalue weighted by Crippen LogP contribution is -2.38. The van der Waals surface area contributed by atoms with Crippen LogP contribution in [0.3, 0.4) is 0 Å². The Morgan fingerprint density at radius 2 is 1.76 bits per heavy atom. The van der Waals surface area contributed by atoms with Crippen molar-refractivity contribution >= 4 is 17.6 Å². The number of amides is 3. The van der Waals surface area contributed by atoms with Gasteiger partial charge in [-0.1, -0.05) is 18.2 Å². The lowest BCUT2D eigenvalue weighted by Gasteiger charge is -2.32. The molecule has 0 atom stereocenters. The maximum atomic E-state index is 13.2. The van der Waals surface area contributed by atoms with Crippen molar-refractivity contribution in [1.82, 2.24) is 10.2 Å². The molecule has 0 spiro atoms. The fourth-order valence-electron chi connectivity index (χ4n) is 4.67. The van der Waals surface area contributed by atoms with Crippen LogP contribution in [0.4, 0.5) is 10.5 Å². The molecule has 0 bridgehead atoms. The van der Waals surface area contributed by atoms with E-state index >= 15 is 0 Å². The molecule has 7 nitrogen and oxygen atoms in total. The van der Waals surface area contributed by atoms with Crippen molar-refractivity contribution in [3.05, 3.63) is 64.7 Å².